The van der Waals surface area contributed by atoms with E-state index in [1.807, 2.05) is 12.3 Å². The number of aromatic nitrogens is 3. The van der Waals surface area contributed by atoms with Crippen molar-refractivity contribution >= 4 is 55.7 Å². The van der Waals surface area contributed by atoms with Gasteiger partial charge in [0.1, 0.15) is 21.5 Å². The van der Waals surface area contributed by atoms with E-state index >= 15 is 0 Å². The number of thioether (sulfide) groups is 1. The van der Waals surface area contributed by atoms with E-state index in [0.717, 1.165) is 33.1 Å². The van der Waals surface area contributed by atoms with Gasteiger partial charge in [0.2, 0.25) is 5.91 Å². The molecule has 1 aromatic carbocycles. The summed E-state index contributed by atoms with van der Waals surface area (Å²) in [7, 11) is 0. The third-order valence-corrected chi connectivity index (χ3v) is 7.42. The Balaban J connectivity index is 1.46. The summed E-state index contributed by atoms with van der Waals surface area (Å²) in [5.74, 6) is 0.584. The van der Waals surface area contributed by atoms with Gasteiger partial charge in [-0.15, -0.1) is 22.7 Å². The molecule has 9 heteroatoms. The zero-order valence-electron chi connectivity index (χ0n) is 16.7. The second kappa shape index (κ2) is 8.79. The van der Waals surface area contributed by atoms with Crippen molar-refractivity contribution in [1.82, 2.24) is 15.0 Å². The molecule has 4 rings (SSSR count). The van der Waals surface area contributed by atoms with Crippen LogP contribution in [0.25, 0.3) is 21.5 Å². The number of carbonyl (C=O) groups excluding carboxylic acids is 1. The van der Waals surface area contributed by atoms with Crippen LogP contribution in [-0.4, -0.2) is 26.6 Å². The first-order chi connectivity index (χ1) is 14.4. The maximum Gasteiger partial charge on any atom is 0.236 e. The Hall–Kier alpha value is -2.36. The Morgan fingerprint density at radius 3 is 2.67 bits per heavy atom. The fraction of sp³-hybridized carbons (Fsp3) is 0.238. The molecule has 0 aliphatic heterocycles. The van der Waals surface area contributed by atoms with Crippen LogP contribution in [0.1, 0.15) is 23.2 Å². The number of aryl methyl sites for hydroxylation is 3. The molecule has 4 aromatic rings. The number of nitrogens with one attached hydrogen (secondary N) is 1. The first-order valence-electron chi connectivity index (χ1n) is 9.35. The lowest BCUT2D eigenvalue weighted by Crippen LogP contribution is -2.14. The van der Waals surface area contributed by atoms with Gasteiger partial charge in [-0.2, -0.15) is 0 Å². The summed E-state index contributed by atoms with van der Waals surface area (Å²) in [6.45, 7) is 6.17. The fourth-order valence-electron chi connectivity index (χ4n) is 2.89. The van der Waals surface area contributed by atoms with E-state index in [0.29, 0.717) is 10.8 Å². The van der Waals surface area contributed by atoms with Crippen molar-refractivity contribution in [2.45, 2.75) is 32.2 Å². The van der Waals surface area contributed by atoms with Crippen LogP contribution in [0.5, 0.6) is 0 Å². The van der Waals surface area contributed by atoms with Gasteiger partial charge in [-0.1, -0.05) is 18.7 Å². The lowest BCUT2D eigenvalue weighted by atomic mass is 10.2. The highest BCUT2D eigenvalue weighted by Gasteiger charge is 2.16. The third kappa shape index (κ3) is 4.38. The molecule has 0 saturated carbocycles. The summed E-state index contributed by atoms with van der Waals surface area (Å²) in [4.78, 5) is 28.4. The van der Waals surface area contributed by atoms with E-state index in [4.69, 9.17) is 0 Å². The molecule has 1 amide bonds. The van der Waals surface area contributed by atoms with Gasteiger partial charge in [-0.25, -0.2) is 19.3 Å². The minimum absolute atomic E-state index is 0.144. The number of hydrogen-bond donors (Lipinski definition) is 1. The zero-order chi connectivity index (χ0) is 21.3. The van der Waals surface area contributed by atoms with Gasteiger partial charge >= 0.3 is 0 Å². The summed E-state index contributed by atoms with van der Waals surface area (Å²) in [5.41, 5.74) is 2.68. The standard InChI is InChI=1S/C21H19FN4OS3/c1-4-16-24-19(18-11(2)12(3)30-20(18)25-16)28-10-17(27)26-21-23-15(9-29-21)13-5-7-14(22)8-6-13/h5-9H,4,10H2,1-3H3,(H,23,26,27). The Kier molecular flexibility index (Phi) is 6.12. The molecule has 3 heterocycles. The summed E-state index contributed by atoms with van der Waals surface area (Å²) < 4.78 is 13.1. The third-order valence-electron chi connectivity index (χ3n) is 4.59. The normalized spacial score (nSPS) is 11.2. The summed E-state index contributed by atoms with van der Waals surface area (Å²) in [6, 6.07) is 6.13. The molecule has 30 heavy (non-hydrogen) atoms. The van der Waals surface area contributed by atoms with Gasteiger partial charge in [0.15, 0.2) is 5.13 Å². The number of rotatable bonds is 6. The highest BCUT2D eigenvalue weighted by Crippen LogP contribution is 2.35. The largest absolute Gasteiger partial charge is 0.301 e. The molecule has 1 N–H and O–H groups in total. The highest BCUT2D eigenvalue weighted by atomic mass is 32.2. The van der Waals surface area contributed by atoms with Crippen molar-refractivity contribution in [3.63, 3.8) is 0 Å². The van der Waals surface area contributed by atoms with Gasteiger partial charge in [0.05, 0.1) is 11.4 Å². The summed E-state index contributed by atoms with van der Waals surface area (Å²) >= 11 is 4.42. The first-order valence-corrected chi connectivity index (χ1v) is 12.0. The van der Waals surface area contributed by atoms with Crippen LogP contribution in [0.2, 0.25) is 0 Å². The Bertz CT molecular complexity index is 1220. The van der Waals surface area contributed by atoms with Crippen LogP contribution < -0.4 is 5.32 Å². The molecule has 0 atom stereocenters. The number of thiazole rings is 1. The van der Waals surface area contributed by atoms with Crippen molar-refractivity contribution in [2.24, 2.45) is 0 Å². The highest BCUT2D eigenvalue weighted by molar-refractivity contribution is 8.00. The van der Waals surface area contributed by atoms with Crippen LogP contribution in [0.3, 0.4) is 0 Å². The Labute approximate surface area is 185 Å². The summed E-state index contributed by atoms with van der Waals surface area (Å²) in [5, 5.41) is 7.09. The molecule has 0 saturated heterocycles. The quantitative estimate of drug-likeness (QED) is 0.289. The second-order valence-electron chi connectivity index (χ2n) is 6.64. The molecule has 5 nitrogen and oxygen atoms in total. The molecule has 0 fully saturated rings. The van der Waals surface area contributed by atoms with Crippen LogP contribution in [0.4, 0.5) is 9.52 Å². The number of halogens is 1. The molecule has 154 valence electrons. The topological polar surface area (TPSA) is 67.8 Å². The molecule has 0 aliphatic rings. The number of fused-ring (bicyclic) bond motifs is 1. The van der Waals surface area contributed by atoms with E-state index in [-0.39, 0.29) is 17.5 Å². The van der Waals surface area contributed by atoms with Gasteiger partial charge < -0.3 is 5.32 Å². The average Bonchev–Trinajstić information content (AvgIpc) is 3.31. The number of nitrogens with zero attached hydrogens (tertiary/aromatic N) is 3. The molecular weight excluding hydrogens is 439 g/mol. The predicted octanol–water partition coefficient (Wildman–Crippen LogP) is 5.86. The van der Waals surface area contributed by atoms with Crippen molar-refractivity contribution in [1.29, 1.82) is 0 Å². The number of benzene rings is 1. The zero-order valence-corrected chi connectivity index (χ0v) is 19.1. The maximum atomic E-state index is 13.1. The van der Waals surface area contributed by atoms with Gasteiger partial charge in [-0.05, 0) is 43.7 Å². The van der Waals surface area contributed by atoms with Crippen molar-refractivity contribution in [3.05, 3.63) is 51.7 Å². The SMILES string of the molecule is CCc1nc(SCC(=O)Nc2nc(-c3ccc(F)cc3)cs2)c2c(C)c(C)sc2n1. The molecule has 3 aromatic heterocycles. The van der Waals surface area contributed by atoms with Crippen LogP contribution in [0, 0.1) is 19.7 Å². The minimum Gasteiger partial charge on any atom is -0.301 e. The van der Waals surface area contributed by atoms with E-state index in [9.17, 15) is 9.18 Å². The molecule has 0 radical (unpaired) electrons. The van der Waals surface area contributed by atoms with Crippen molar-refractivity contribution < 1.29 is 9.18 Å². The Morgan fingerprint density at radius 1 is 1.17 bits per heavy atom. The van der Waals surface area contributed by atoms with E-state index < -0.39 is 0 Å². The van der Waals surface area contributed by atoms with E-state index in [1.54, 1.807) is 23.5 Å². The van der Waals surface area contributed by atoms with Crippen molar-refractivity contribution in [3.8, 4) is 11.3 Å². The Morgan fingerprint density at radius 2 is 1.93 bits per heavy atom. The van der Waals surface area contributed by atoms with E-state index in [1.165, 1.54) is 45.7 Å². The first kappa shape index (κ1) is 20.9. The lowest BCUT2D eigenvalue weighted by molar-refractivity contribution is -0.113. The maximum absolute atomic E-state index is 13.1. The second-order valence-corrected chi connectivity index (χ2v) is 9.67. The summed E-state index contributed by atoms with van der Waals surface area (Å²) in [6.07, 6.45) is 0.747. The smallest absolute Gasteiger partial charge is 0.236 e. The molecule has 0 spiro atoms. The molecule has 0 aliphatic carbocycles. The van der Waals surface area contributed by atoms with E-state index in [2.05, 4.69) is 34.1 Å². The van der Waals surface area contributed by atoms with Gasteiger partial charge in [0, 0.05) is 27.6 Å². The van der Waals surface area contributed by atoms with Crippen molar-refractivity contribution in [2.75, 3.05) is 11.1 Å². The number of amides is 1. The van der Waals surface area contributed by atoms with Gasteiger partial charge in [0.25, 0.3) is 0 Å². The predicted molar refractivity (Wildman–Crippen MR) is 123 cm³/mol. The lowest BCUT2D eigenvalue weighted by Gasteiger charge is -2.06. The number of anilines is 1. The fourth-order valence-corrected chi connectivity index (χ4v) is 5.64. The molecular formula is C21H19FN4OS3. The van der Waals surface area contributed by atoms with Crippen LogP contribution in [-0.2, 0) is 11.2 Å². The molecule has 0 unspecified atom stereocenters. The van der Waals surface area contributed by atoms with Gasteiger partial charge in [-0.3, -0.25) is 4.79 Å². The number of carbonyl (C=O) groups is 1. The average molecular weight is 459 g/mol. The van der Waals surface area contributed by atoms with Crippen LogP contribution in [0.15, 0.2) is 34.7 Å². The minimum atomic E-state index is -0.291. The monoisotopic (exact) mass is 458 g/mol. The van der Waals surface area contributed by atoms with Crippen LogP contribution >= 0.6 is 34.4 Å². The number of thiophene rings is 1. The molecule has 0 bridgehead atoms. The number of hydrogen-bond acceptors (Lipinski definition) is 7.